The van der Waals surface area contributed by atoms with Crippen molar-refractivity contribution in [3.63, 3.8) is 0 Å². The average Bonchev–Trinajstić information content (AvgIpc) is 2.93. The Morgan fingerprint density at radius 3 is 2.72 bits per heavy atom. The molecule has 1 fully saturated rings. The molecule has 1 heterocycles. The maximum atomic E-state index is 10.5. The third-order valence-electron chi connectivity index (χ3n) is 4.79. The first-order valence-corrected chi connectivity index (χ1v) is 9.52. The van der Waals surface area contributed by atoms with E-state index < -0.39 is 12.1 Å². The van der Waals surface area contributed by atoms with Crippen molar-refractivity contribution in [1.29, 1.82) is 0 Å². The van der Waals surface area contributed by atoms with Gasteiger partial charge >= 0.3 is 5.97 Å². The summed E-state index contributed by atoms with van der Waals surface area (Å²) < 4.78 is 5.86. The summed E-state index contributed by atoms with van der Waals surface area (Å²) in [7, 11) is 0. The van der Waals surface area contributed by atoms with Crippen LogP contribution in [0.5, 0.6) is 0 Å². The molecule has 4 atom stereocenters. The minimum Gasteiger partial charge on any atom is -0.495 e. The zero-order chi connectivity index (χ0) is 18.7. The van der Waals surface area contributed by atoms with Crippen LogP contribution < -0.4 is 0 Å². The van der Waals surface area contributed by atoms with Crippen LogP contribution in [0.2, 0.25) is 0 Å². The van der Waals surface area contributed by atoms with Crippen molar-refractivity contribution in [3.8, 4) is 0 Å². The highest BCUT2D eigenvalue weighted by Crippen LogP contribution is 2.35. The van der Waals surface area contributed by atoms with Gasteiger partial charge in [0.05, 0.1) is 18.0 Å². The Morgan fingerprint density at radius 2 is 2.08 bits per heavy atom. The molecule has 0 aromatic rings. The summed E-state index contributed by atoms with van der Waals surface area (Å²) in [4.78, 5) is 10.5. The monoisotopic (exact) mass is 354 g/mol. The van der Waals surface area contributed by atoms with Gasteiger partial charge in [-0.05, 0) is 32.3 Å². The van der Waals surface area contributed by atoms with E-state index in [0.29, 0.717) is 12.8 Å². The number of hydrogen-bond donors (Lipinski definition) is 3. The van der Waals surface area contributed by atoms with Gasteiger partial charge in [0.1, 0.15) is 0 Å². The molecule has 1 rings (SSSR count). The summed E-state index contributed by atoms with van der Waals surface area (Å²) in [6, 6.07) is 0. The smallest absolute Gasteiger partial charge is 0.303 e. The lowest BCUT2D eigenvalue weighted by molar-refractivity contribution is -0.137. The Labute approximate surface area is 151 Å². The minimum atomic E-state index is -0.778. The molecular weight excluding hydrogens is 320 g/mol. The Kier molecular flexibility index (Phi) is 10.5. The molecular formula is C20H34O5. The third kappa shape index (κ3) is 8.54. The van der Waals surface area contributed by atoms with E-state index in [-0.39, 0.29) is 31.0 Å². The van der Waals surface area contributed by atoms with Crippen molar-refractivity contribution in [2.24, 2.45) is 11.8 Å². The molecule has 4 unspecified atom stereocenters. The molecule has 0 spiro atoms. The molecule has 0 saturated carbocycles. The summed E-state index contributed by atoms with van der Waals surface area (Å²) in [6.07, 6.45) is 11.5. The molecule has 144 valence electrons. The number of hydrogen-bond acceptors (Lipinski definition) is 4. The molecule has 1 aliphatic heterocycles. The highest BCUT2D eigenvalue weighted by atomic mass is 16.5. The van der Waals surface area contributed by atoms with Gasteiger partial charge in [-0.2, -0.15) is 0 Å². The third-order valence-corrected chi connectivity index (χ3v) is 4.79. The number of carboxylic acid groups (broad SMARTS) is 1. The van der Waals surface area contributed by atoms with Gasteiger partial charge in [-0.25, -0.2) is 0 Å². The SMILES string of the molecule is CCCCCC(O)C=CC(CO)C1CC(=CCCCC(=O)O)OC1C. The number of ether oxygens (including phenoxy) is 1. The van der Waals surface area contributed by atoms with Crippen molar-refractivity contribution in [2.75, 3.05) is 6.61 Å². The molecule has 5 heteroatoms. The van der Waals surface area contributed by atoms with Gasteiger partial charge in [0.15, 0.2) is 0 Å². The van der Waals surface area contributed by atoms with Crippen LogP contribution >= 0.6 is 0 Å². The van der Waals surface area contributed by atoms with Gasteiger partial charge in [-0.1, -0.05) is 38.3 Å². The van der Waals surface area contributed by atoms with Crippen LogP contribution in [0.15, 0.2) is 24.0 Å². The van der Waals surface area contributed by atoms with E-state index in [1.54, 1.807) is 6.08 Å². The van der Waals surface area contributed by atoms with E-state index in [4.69, 9.17) is 9.84 Å². The van der Waals surface area contributed by atoms with Crippen molar-refractivity contribution in [2.45, 2.75) is 77.4 Å². The molecule has 0 amide bonds. The standard InChI is InChI=1S/C20H34O5/c1-3-4-5-8-17(22)12-11-16(14-21)19-13-18(25-15(19)2)9-6-7-10-20(23)24/h9,11-12,15-17,19,21-22H,3-8,10,13-14H2,1-2H3,(H,23,24). The Balaban J connectivity index is 2.50. The average molecular weight is 354 g/mol. The van der Waals surface area contributed by atoms with E-state index in [9.17, 15) is 15.0 Å². The first-order valence-electron chi connectivity index (χ1n) is 9.52. The first-order chi connectivity index (χ1) is 12.0. The van der Waals surface area contributed by atoms with E-state index >= 15 is 0 Å². The predicted molar refractivity (Wildman–Crippen MR) is 98.1 cm³/mol. The lowest BCUT2D eigenvalue weighted by Gasteiger charge is -2.20. The predicted octanol–water partition coefficient (Wildman–Crippen LogP) is 3.66. The van der Waals surface area contributed by atoms with Crippen molar-refractivity contribution < 1.29 is 24.9 Å². The van der Waals surface area contributed by atoms with E-state index in [1.165, 1.54) is 0 Å². The fraction of sp³-hybridized carbons (Fsp3) is 0.750. The first kappa shape index (κ1) is 21.7. The van der Waals surface area contributed by atoms with Crippen LogP contribution in [0.3, 0.4) is 0 Å². The highest BCUT2D eigenvalue weighted by Gasteiger charge is 2.33. The largest absolute Gasteiger partial charge is 0.495 e. The number of unbranched alkanes of at least 4 members (excludes halogenated alkanes) is 3. The lowest BCUT2D eigenvalue weighted by atomic mass is 9.86. The van der Waals surface area contributed by atoms with Crippen LogP contribution in [0.25, 0.3) is 0 Å². The number of aliphatic hydroxyl groups is 2. The normalized spacial score (nSPS) is 24.6. The van der Waals surface area contributed by atoms with Crippen LogP contribution in [0, 0.1) is 11.8 Å². The molecule has 0 aliphatic carbocycles. The van der Waals surface area contributed by atoms with Crippen LogP contribution in [0.4, 0.5) is 0 Å². The second-order valence-electron chi connectivity index (χ2n) is 6.94. The molecule has 0 bridgehead atoms. The summed E-state index contributed by atoms with van der Waals surface area (Å²) in [5.41, 5.74) is 0. The van der Waals surface area contributed by atoms with Crippen LogP contribution in [-0.4, -0.2) is 40.1 Å². The van der Waals surface area contributed by atoms with Crippen molar-refractivity contribution >= 4 is 5.97 Å². The Bertz CT molecular complexity index is 443. The minimum absolute atomic E-state index is 0.00441. The van der Waals surface area contributed by atoms with Gasteiger partial charge in [-0.15, -0.1) is 0 Å². The van der Waals surface area contributed by atoms with E-state index in [2.05, 4.69) is 6.92 Å². The second-order valence-corrected chi connectivity index (χ2v) is 6.94. The number of allylic oxidation sites excluding steroid dienone is 2. The molecule has 25 heavy (non-hydrogen) atoms. The van der Waals surface area contributed by atoms with Gasteiger partial charge in [0, 0.05) is 31.3 Å². The number of aliphatic hydroxyl groups excluding tert-OH is 2. The molecule has 3 N–H and O–H groups in total. The van der Waals surface area contributed by atoms with E-state index in [1.807, 2.05) is 19.1 Å². The number of aliphatic carboxylic acids is 1. The number of carbonyl (C=O) groups is 1. The van der Waals surface area contributed by atoms with Gasteiger partial charge < -0.3 is 20.1 Å². The van der Waals surface area contributed by atoms with Crippen molar-refractivity contribution in [1.82, 2.24) is 0 Å². The summed E-state index contributed by atoms with van der Waals surface area (Å²) >= 11 is 0. The van der Waals surface area contributed by atoms with E-state index in [0.717, 1.165) is 37.9 Å². The van der Waals surface area contributed by atoms with Gasteiger partial charge in [0.2, 0.25) is 0 Å². The lowest BCUT2D eigenvalue weighted by Crippen LogP contribution is -2.23. The van der Waals surface area contributed by atoms with Gasteiger partial charge in [0.25, 0.3) is 0 Å². The molecule has 0 aromatic heterocycles. The maximum absolute atomic E-state index is 10.5. The fourth-order valence-corrected chi connectivity index (χ4v) is 3.23. The zero-order valence-electron chi connectivity index (χ0n) is 15.6. The fourth-order valence-electron chi connectivity index (χ4n) is 3.23. The van der Waals surface area contributed by atoms with Crippen LogP contribution in [0.1, 0.15) is 65.2 Å². The highest BCUT2D eigenvalue weighted by molar-refractivity contribution is 5.66. The zero-order valence-corrected chi connectivity index (χ0v) is 15.6. The second kappa shape index (κ2) is 12.1. The molecule has 1 saturated heterocycles. The molecule has 5 nitrogen and oxygen atoms in total. The van der Waals surface area contributed by atoms with Crippen LogP contribution in [-0.2, 0) is 9.53 Å². The number of carboxylic acids is 1. The molecule has 1 aliphatic rings. The molecule has 0 radical (unpaired) electrons. The quantitative estimate of drug-likeness (QED) is 0.368. The maximum Gasteiger partial charge on any atom is 0.303 e. The Morgan fingerprint density at radius 1 is 1.32 bits per heavy atom. The summed E-state index contributed by atoms with van der Waals surface area (Å²) in [5.74, 6) is 0.244. The van der Waals surface area contributed by atoms with Gasteiger partial charge in [-0.3, -0.25) is 4.79 Å². The summed E-state index contributed by atoms with van der Waals surface area (Å²) in [6.45, 7) is 4.16. The van der Waals surface area contributed by atoms with Crippen molar-refractivity contribution in [3.05, 3.63) is 24.0 Å². The Hall–Kier alpha value is -1.33. The molecule has 0 aromatic carbocycles. The number of rotatable bonds is 12. The summed E-state index contributed by atoms with van der Waals surface area (Å²) in [5, 5.41) is 28.4. The topological polar surface area (TPSA) is 87.0 Å².